The number of nitrogens with one attached hydrogen (secondary N) is 2. The third-order valence-corrected chi connectivity index (χ3v) is 3.53. The Morgan fingerprint density at radius 2 is 1.78 bits per heavy atom. The highest BCUT2D eigenvalue weighted by Gasteiger charge is 2.09. The van der Waals surface area contributed by atoms with E-state index in [0.29, 0.717) is 16.8 Å². The summed E-state index contributed by atoms with van der Waals surface area (Å²) in [6, 6.07) is 13.4. The van der Waals surface area contributed by atoms with Crippen molar-refractivity contribution in [3.05, 3.63) is 77.7 Å². The van der Waals surface area contributed by atoms with Crippen LogP contribution in [0.5, 0.6) is 11.5 Å². The van der Waals surface area contributed by atoms with E-state index in [9.17, 15) is 19.8 Å². The Bertz CT molecular complexity index is 979. The maximum Gasteiger partial charge on any atom is 0.291 e. The first-order chi connectivity index (χ1) is 13.0. The van der Waals surface area contributed by atoms with E-state index < -0.39 is 11.8 Å². The second kappa shape index (κ2) is 7.87. The summed E-state index contributed by atoms with van der Waals surface area (Å²) in [4.78, 5) is 23.9. The van der Waals surface area contributed by atoms with Gasteiger partial charge in [-0.05, 0) is 48.5 Å². The fourth-order valence-corrected chi connectivity index (χ4v) is 2.17. The predicted molar refractivity (Wildman–Crippen MR) is 97.9 cm³/mol. The van der Waals surface area contributed by atoms with Gasteiger partial charge in [-0.1, -0.05) is 0 Å². The van der Waals surface area contributed by atoms with Crippen molar-refractivity contribution < 1.29 is 24.2 Å². The molecule has 3 rings (SSSR count). The first-order valence-electron chi connectivity index (χ1n) is 7.83. The molecule has 0 saturated heterocycles. The summed E-state index contributed by atoms with van der Waals surface area (Å²) in [6.07, 6.45) is 2.66. The van der Waals surface area contributed by atoms with Crippen molar-refractivity contribution in [2.75, 3.05) is 5.32 Å². The number of carbonyl (C=O) groups excluding carboxylic acids is 2. The summed E-state index contributed by atoms with van der Waals surface area (Å²) in [7, 11) is 0. The molecule has 0 atom stereocenters. The summed E-state index contributed by atoms with van der Waals surface area (Å²) >= 11 is 0. The standard InChI is InChI=1S/C19H15N3O5/c23-15-8-5-13(16(24)10-15)11-20-22-18(25)12-3-6-14(7-4-12)21-19(26)17-2-1-9-27-17/h1-11,23-24H,(H,21,26)(H,22,25)/b20-11-. The minimum atomic E-state index is -0.464. The number of phenols is 2. The zero-order valence-corrected chi connectivity index (χ0v) is 13.9. The van der Waals surface area contributed by atoms with Crippen LogP contribution >= 0.6 is 0 Å². The summed E-state index contributed by atoms with van der Waals surface area (Å²) in [5.41, 5.74) is 3.50. The Hall–Kier alpha value is -4.07. The van der Waals surface area contributed by atoms with E-state index in [4.69, 9.17) is 4.42 Å². The summed E-state index contributed by atoms with van der Waals surface area (Å²) in [6.45, 7) is 0. The fraction of sp³-hybridized carbons (Fsp3) is 0. The Morgan fingerprint density at radius 3 is 2.44 bits per heavy atom. The van der Waals surface area contributed by atoms with Gasteiger partial charge in [-0.25, -0.2) is 5.43 Å². The Labute approximate surface area is 153 Å². The second-order valence-corrected chi connectivity index (χ2v) is 5.45. The zero-order valence-electron chi connectivity index (χ0n) is 13.9. The summed E-state index contributed by atoms with van der Waals surface area (Å²) in [5.74, 6) is -0.912. The van der Waals surface area contributed by atoms with E-state index in [2.05, 4.69) is 15.8 Å². The molecule has 0 fully saturated rings. The maximum absolute atomic E-state index is 12.1. The van der Waals surface area contributed by atoms with E-state index in [1.807, 2.05) is 0 Å². The third-order valence-electron chi connectivity index (χ3n) is 3.53. The van der Waals surface area contributed by atoms with E-state index in [1.54, 1.807) is 24.3 Å². The van der Waals surface area contributed by atoms with Crippen LogP contribution in [0, 0.1) is 0 Å². The SMILES string of the molecule is O=C(N/N=C\c1ccc(O)cc1O)c1ccc(NC(=O)c2ccco2)cc1. The molecule has 1 aromatic heterocycles. The number of rotatable bonds is 5. The molecule has 4 N–H and O–H groups in total. The molecule has 27 heavy (non-hydrogen) atoms. The lowest BCUT2D eigenvalue weighted by molar-refractivity contribution is 0.0954. The molecular formula is C19H15N3O5. The van der Waals surface area contributed by atoms with Gasteiger partial charge in [0.25, 0.3) is 11.8 Å². The van der Waals surface area contributed by atoms with E-state index in [0.717, 1.165) is 0 Å². The number of amides is 2. The van der Waals surface area contributed by atoms with Gasteiger partial charge in [0, 0.05) is 22.9 Å². The minimum Gasteiger partial charge on any atom is -0.508 e. The van der Waals surface area contributed by atoms with Gasteiger partial charge in [0.05, 0.1) is 12.5 Å². The molecule has 0 aliphatic heterocycles. The van der Waals surface area contributed by atoms with Gasteiger partial charge in [-0.2, -0.15) is 5.10 Å². The summed E-state index contributed by atoms with van der Waals surface area (Å²) < 4.78 is 5.00. The molecule has 0 unspecified atom stereocenters. The zero-order chi connectivity index (χ0) is 19.2. The molecule has 3 aromatic rings. The first-order valence-corrected chi connectivity index (χ1v) is 7.83. The quantitative estimate of drug-likeness (QED) is 0.409. The molecule has 0 aliphatic carbocycles. The highest BCUT2D eigenvalue weighted by molar-refractivity contribution is 6.02. The predicted octanol–water partition coefficient (Wildman–Crippen LogP) is 2.71. The minimum absolute atomic E-state index is 0.0760. The number of phenolic OH excluding ortho intramolecular Hbond substituents is 2. The normalized spacial score (nSPS) is 10.7. The fourth-order valence-electron chi connectivity index (χ4n) is 2.17. The molecule has 8 heteroatoms. The van der Waals surface area contributed by atoms with Crippen molar-refractivity contribution in [3.8, 4) is 11.5 Å². The van der Waals surface area contributed by atoms with Crippen LogP contribution in [0.15, 0.2) is 70.4 Å². The van der Waals surface area contributed by atoms with Crippen LogP contribution in [0.1, 0.15) is 26.5 Å². The van der Waals surface area contributed by atoms with Crippen LogP contribution in [0.4, 0.5) is 5.69 Å². The number of benzene rings is 2. The number of aromatic hydroxyl groups is 2. The van der Waals surface area contributed by atoms with Gasteiger partial charge in [0.15, 0.2) is 5.76 Å². The van der Waals surface area contributed by atoms with E-state index in [-0.39, 0.29) is 17.3 Å². The van der Waals surface area contributed by atoms with Crippen LogP contribution < -0.4 is 10.7 Å². The van der Waals surface area contributed by atoms with Gasteiger partial charge in [0.2, 0.25) is 0 Å². The molecule has 2 aromatic carbocycles. The van der Waals surface area contributed by atoms with Crippen molar-refractivity contribution in [2.24, 2.45) is 5.10 Å². The monoisotopic (exact) mass is 365 g/mol. The molecule has 0 saturated carbocycles. The lowest BCUT2D eigenvalue weighted by Crippen LogP contribution is -2.17. The largest absolute Gasteiger partial charge is 0.508 e. The topological polar surface area (TPSA) is 124 Å². The number of hydrazone groups is 1. The van der Waals surface area contributed by atoms with Gasteiger partial charge >= 0.3 is 0 Å². The highest BCUT2D eigenvalue weighted by atomic mass is 16.3. The smallest absolute Gasteiger partial charge is 0.291 e. The average molecular weight is 365 g/mol. The molecular weight excluding hydrogens is 350 g/mol. The molecule has 0 bridgehead atoms. The van der Waals surface area contributed by atoms with E-state index in [1.165, 1.54) is 42.8 Å². The van der Waals surface area contributed by atoms with Crippen LogP contribution in [0.2, 0.25) is 0 Å². The average Bonchev–Trinajstić information content (AvgIpc) is 3.19. The Morgan fingerprint density at radius 1 is 1.00 bits per heavy atom. The van der Waals surface area contributed by atoms with Crippen molar-refractivity contribution in [3.63, 3.8) is 0 Å². The molecule has 136 valence electrons. The van der Waals surface area contributed by atoms with Crippen molar-refractivity contribution in [1.82, 2.24) is 5.43 Å². The number of nitrogens with zero attached hydrogens (tertiary/aromatic N) is 1. The lowest BCUT2D eigenvalue weighted by atomic mass is 10.2. The second-order valence-electron chi connectivity index (χ2n) is 5.45. The van der Waals surface area contributed by atoms with Crippen LogP contribution in [0.25, 0.3) is 0 Å². The number of hydrogen-bond donors (Lipinski definition) is 4. The number of hydrogen-bond acceptors (Lipinski definition) is 6. The van der Waals surface area contributed by atoms with Crippen LogP contribution in [-0.2, 0) is 0 Å². The molecule has 0 aliphatic rings. The Kier molecular flexibility index (Phi) is 5.17. The number of anilines is 1. The van der Waals surface area contributed by atoms with Crippen LogP contribution in [0.3, 0.4) is 0 Å². The van der Waals surface area contributed by atoms with Crippen molar-refractivity contribution in [2.45, 2.75) is 0 Å². The van der Waals surface area contributed by atoms with Gasteiger partial charge < -0.3 is 19.9 Å². The lowest BCUT2D eigenvalue weighted by Gasteiger charge is -2.05. The molecule has 0 radical (unpaired) electrons. The van der Waals surface area contributed by atoms with Crippen molar-refractivity contribution >= 4 is 23.7 Å². The number of furan rings is 1. The van der Waals surface area contributed by atoms with Gasteiger partial charge in [0.1, 0.15) is 11.5 Å². The molecule has 2 amide bonds. The molecule has 1 heterocycles. The van der Waals surface area contributed by atoms with Crippen LogP contribution in [-0.4, -0.2) is 28.2 Å². The molecule has 0 spiro atoms. The van der Waals surface area contributed by atoms with Gasteiger partial charge in [-0.15, -0.1) is 0 Å². The summed E-state index contributed by atoms with van der Waals surface area (Å²) in [5, 5.41) is 25.3. The number of carbonyl (C=O) groups is 2. The highest BCUT2D eigenvalue weighted by Crippen LogP contribution is 2.20. The third kappa shape index (κ3) is 4.51. The van der Waals surface area contributed by atoms with Crippen molar-refractivity contribution in [1.29, 1.82) is 0 Å². The maximum atomic E-state index is 12.1. The first kappa shape index (κ1) is 17.7. The van der Waals surface area contributed by atoms with E-state index >= 15 is 0 Å². The Balaban J connectivity index is 1.58. The van der Waals surface area contributed by atoms with Gasteiger partial charge in [-0.3, -0.25) is 9.59 Å². The molecule has 8 nitrogen and oxygen atoms in total.